The Morgan fingerprint density at radius 3 is 2.78 bits per heavy atom. The second kappa shape index (κ2) is 5.74. The highest BCUT2D eigenvalue weighted by atomic mass is 14.0. The van der Waals surface area contributed by atoms with E-state index in [-0.39, 0.29) is 0 Å². The first-order chi connectivity index (χ1) is 4.31. The van der Waals surface area contributed by atoms with E-state index in [1.165, 1.54) is 19.3 Å². The highest BCUT2D eigenvalue weighted by Crippen LogP contribution is 2.10. The largest absolute Gasteiger partial charge is 0.245 e. The molecule has 0 amide bonds. The Morgan fingerprint density at radius 2 is 2.33 bits per heavy atom. The van der Waals surface area contributed by atoms with Crippen LogP contribution < -0.4 is 0 Å². The fraction of sp³-hybridized carbons (Fsp3) is 0.667. The van der Waals surface area contributed by atoms with Gasteiger partial charge >= 0.3 is 0 Å². The molecule has 0 rings (SSSR count). The van der Waals surface area contributed by atoms with Gasteiger partial charge in [0.1, 0.15) is 0 Å². The summed E-state index contributed by atoms with van der Waals surface area (Å²) in [4.78, 5) is 0. The monoisotopic (exact) mass is 125 g/mol. The summed E-state index contributed by atoms with van der Waals surface area (Å²) in [5.74, 6) is 0.724. The molecule has 54 valence electrons. The van der Waals surface area contributed by atoms with Crippen LogP contribution in [0.2, 0.25) is 0 Å². The first kappa shape index (κ1) is 8.61. The van der Waals surface area contributed by atoms with Gasteiger partial charge < -0.3 is 0 Å². The predicted molar refractivity (Wildman–Crippen MR) is 43.2 cm³/mol. The lowest BCUT2D eigenvalue weighted by Gasteiger charge is -2.11. The molecule has 0 aromatic rings. The van der Waals surface area contributed by atoms with Gasteiger partial charge in [0.05, 0.1) is 0 Å². The van der Waals surface area contributed by atoms with Gasteiger partial charge in [0.15, 0.2) is 0 Å². The standard InChI is InChI=1S/C9H17/c1-4-6-8-9(3)7-5-2/h5,7,9H,2,4,6,8H2,1,3H3/q-1. The van der Waals surface area contributed by atoms with Crippen LogP contribution in [0.1, 0.15) is 33.1 Å². The summed E-state index contributed by atoms with van der Waals surface area (Å²) in [6.45, 7) is 8.11. The second-order valence-electron chi connectivity index (χ2n) is 2.55. The van der Waals surface area contributed by atoms with Crippen LogP contribution in [0.4, 0.5) is 0 Å². The van der Waals surface area contributed by atoms with E-state index in [9.17, 15) is 0 Å². The first-order valence-electron chi connectivity index (χ1n) is 3.77. The van der Waals surface area contributed by atoms with Crippen molar-refractivity contribution >= 4 is 0 Å². The number of allylic oxidation sites excluding steroid dienone is 1. The zero-order chi connectivity index (χ0) is 7.11. The summed E-state index contributed by atoms with van der Waals surface area (Å²) >= 11 is 0. The molecule has 0 aliphatic carbocycles. The maximum Gasteiger partial charge on any atom is -0.0544 e. The maximum atomic E-state index is 3.65. The highest BCUT2D eigenvalue weighted by molar-refractivity contribution is 4.90. The van der Waals surface area contributed by atoms with Crippen LogP contribution in [0.15, 0.2) is 12.7 Å². The molecule has 0 fully saturated rings. The molecule has 0 saturated carbocycles. The quantitative estimate of drug-likeness (QED) is 0.495. The fourth-order valence-electron chi connectivity index (χ4n) is 0.855. The second-order valence-corrected chi connectivity index (χ2v) is 2.55. The minimum atomic E-state index is 0.724. The van der Waals surface area contributed by atoms with Gasteiger partial charge in [0, 0.05) is 0 Å². The minimum Gasteiger partial charge on any atom is -0.245 e. The highest BCUT2D eigenvalue weighted by Gasteiger charge is 1.90. The Morgan fingerprint density at radius 1 is 1.67 bits per heavy atom. The molecule has 0 nitrogen and oxygen atoms in total. The van der Waals surface area contributed by atoms with Crippen molar-refractivity contribution in [3.8, 4) is 0 Å². The van der Waals surface area contributed by atoms with Crippen molar-refractivity contribution in [3.05, 3.63) is 19.1 Å². The third-order valence-electron chi connectivity index (χ3n) is 1.48. The number of hydrogen-bond donors (Lipinski definition) is 0. The van der Waals surface area contributed by atoms with Crippen LogP contribution in [0.5, 0.6) is 0 Å². The predicted octanol–water partition coefficient (Wildman–Crippen LogP) is 3.20. The number of unbranched alkanes of at least 4 members (excludes halogenated alkanes) is 1. The van der Waals surface area contributed by atoms with Crippen molar-refractivity contribution in [1.82, 2.24) is 0 Å². The molecule has 9 heavy (non-hydrogen) atoms. The molecule has 0 aliphatic rings. The summed E-state index contributed by atoms with van der Waals surface area (Å²) in [5.41, 5.74) is 0. The van der Waals surface area contributed by atoms with E-state index in [4.69, 9.17) is 0 Å². The van der Waals surface area contributed by atoms with Crippen molar-refractivity contribution in [3.63, 3.8) is 0 Å². The van der Waals surface area contributed by atoms with Gasteiger partial charge in [-0.3, -0.25) is 0 Å². The Bertz CT molecular complexity index is 64.4. The van der Waals surface area contributed by atoms with Gasteiger partial charge in [-0.1, -0.05) is 39.0 Å². The molecule has 0 aliphatic heterocycles. The summed E-state index contributed by atoms with van der Waals surface area (Å²) in [7, 11) is 0. The van der Waals surface area contributed by atoms with Crippen molar-refractivity contribution < 1.29 is 0 Å². The third-order valence-corrected chi connectivity index (χ3v) is 1.48. The lowest BCUT2D eigenvalue weighted by Crippen LogP contribution is -1.91. The summed E-state index contributed by atoms with van der Waals surface area (Å²) in [5, 5.41) is 0. The molecule has 0 heterocycles. The van der Waals surface area contributed by atoms with Gasteiger partial charge in [-0.05, 0) is 0 Å². The molecule has 0 bridgehead atoms. The normalized spacial score (nSPS) is 12.7. The zero-order valence-corrected chi connectivity index (χ0v) is 6.56. The van der Waals surface area contributed by atoms with Crippen LogP contribution in [-0.4, -0.2) is 0 Å². The lowest BCUT2D eigenvalue weighted by atomic mass is 10.0. The molecule has 0 spiro atoms. The van der Waals surface area contributed by atoms with Crippen LogP contribution in [-0.2, 0) is 0 Å². The molecule has 0 N–H and O–H groups in total. The van der Waals surface area contributed by atoms with Gasteiger partial charge in [0.2, 0.25) is 0 Å². The lowest BCUT2D eigenvalue weighted by molar-refractivity contribution is 0.577. The van der Waals surface area contributed by atoms with Crippen LogP contribution in [0.25, 0.3) is 0 Å². The minimum absolute atomic E-state index is 0.724. The van der Waals surface area contributed by atoms with Crippen molar-refractivity contribution in [2.45, 2.75) is 33.1 Å². The van der Waals surface area contributed by atoms with Crippen LogP contribution >= 0.6 is 0 Å². The van der Waals surface area contributed by atoms with E-state index in [0.29, 0.717) is 0 Å². The Hall–Kier alpha value is -0.390. The van der Waals surface area contributed by atoms with Crippen LogP contribution in [0.3, 0.4) is 0 Å². The van der Waals surface area contributed by atoms with Gasteiger partial charge in [-0.2, -0.15) is 0 Å². The van der Waals surface area contributed by atoms with E-state index < -0.39 is 0 Å². The van der Waals surface area contributed by atoms with E-state index in [1.54, 1.807) is 0 Å². The summed E-state index contributed by atoms with van der Waals surface area (Å²) < 4.78 is 0. The molecule has 0 aromatic heterocycles. The fourth-order valence-corrected chi connectivity index (χ4v) is 0.855. The molecular weight excluding hydrogens is 108 g/mol. The Kier molecular flexibility index (Phi) is 5.49. The van der Waals surface area contributed by atoms with Gasteiger partial charge in [-0.25, -0.2) is 19.1 Å². The van der Waals surface area contributed by atoms with E-state index >= 15 is 0 Å². The van der Waals surface area contributed by atoms with E-state index in [1.807, 2.05) is 6.08 Å². The van der Waals surface area contributed by atoms with Gasteiger partial charge in [-0.15, -0.1) is 0 Å². The topological polar surface area (TPSA) is 0 Å². The number of rotatable bonds is 5. The molecule has 0 saturated heterocycles. The molecule has 1 atom stereocenters. The summed E-state index contributed by atoms with van der Waals surface area (Å²) in [6.07, 6.45) is 8.00. The Balaban J connectivity index is 3.04. The van der Waals surface area contributed by atoms with Crippen molar-refractivity contribution in [2.75, 3.05) is 0 Å². The number of hydrogen-bond acceptors (Lipinski definition) is 0. The van der Waals surface area contributed by atoms with E-state index in [2.05, 4.69) is 26.8 Å². The molecule has 0 radical (unpaired) electrons. The molecule has 0 heteroatoms. The average molecular weight is 125 g/mol. The van der Waals surface area contributed by atoms with Crippen molar-refractivity contribution in [1.29, 1.82) is 0 Å². The molecule has 1 unspecified atom stereocenters. The van der Waals surface area contributed by atoms with Crippen LogP contribution in [0, 0.1) is 12.3 Å². The molecular formula is C9H17-. The average Bonchev–Trinajstić information content (AvgIpc) is 1.85. The zero-order valence-electron chi connectivity index (χ0n) is 6.56. The SMILES string of the molecule is C=C[CH-]C(C)CCCC. The maximum absolute atomic E-state index is 3.65. The Labute approximate surface area is 59.0 Å². The third kappa shape index (κ3) is 5.48. The molecule has 0 aromatic carbocycles. The van der Waals surface area contributed by atoms with E-state index in [0.717, 1.165) is 5.92 Å². The van der Waals surface area contributed by atoms with Gasteiger partial charge in [0.25, 0.3) is 0 Å². The first-order valence-corrected chi connectivity index (χ1v) is 3.77. The summed E-state index contributed by atoms with van der Waals surface area (Å²) in [6, 6.07) is 0. The van der Waals surface area contributed by atoms with Crippen molar-refractivity contribution in [2.24, 2.45) is 5.92 Å². The smallest absolute Gasteiger partial charge is 0.0544 e.